The highest BCUT2D eigenvalue weighted by Gasteiger charge is 2.20. The first-order valence-corrected chi connectivity index (χ1v) is 7.65. The van der Waals surface area contributed by atoms with Gasteiger partial charge in [-0.25, -0.2) is 0 Å². The SMILES string of the molecule is Brc1ccc(OCc2ccccn2)cc1CNC1CC1. The first-order valence-electron chi connectivity index (χ1n) is 6.86. The highest BCUT2D eigenvalue weighted by Crippen LogP contribution is 2.25. The third-order valence-corrected chi connectivity index (χ3v) is 4.06. The van der Waals surface area contributed by atoms with Gasteiger partial charge in [0.05, 0.1) is 5.69 Å². The van der Waals surface area contributed by atoms with Gasteiger partial charge in [0.2, 0.25) is 0 Å². The van der Waals surface area contributed by atoms with E-state index in [1.807, 2.05) is 30.3 Å². The Morgan fingerprint density at radius 1 is 1.25 bits per heavy atom. The van der Waals surface area contributed by atoms with E-state index in [2.05, 4.69) is 32.3 Å². The molecule has 0 spiro atoms. The van der Waals surface area contributed by atoms with Gasteiger partial charge in [0.15, 0.2) is 0 Å². The molecule has 2 aromatic rings. The van der Waals surface area contributed by atoms with Crippen LogP contribution in [0.2, 0.25) is 0 Å². The van der Waals surface area contributed by atoms with Crippen molar-refractivity contribution in [2.24, 2.45) is 0 Å². The van der Waals surface area contributed by atoms with Crippen LogP contribution in [0, 0.1) is 0 Å². The molecule has 0 amide bonds. The van der Waals surface area contributed by atoms with E-state index < -0.39 is 0 Å². The molecule has 104 valence electrons. The van der Waals surface area contributed by atoms with E-state index in [9.17, 15) is 0 Å². The van der Waals surface area contributed by atoms with E-state index in [-0.39, 0.29) is 0 Å². The van der Waals surface area contributed by atoms with Crippen molar-refractivity contribution in [2.75, 3.05) is 0 Å². The van der Waals surface area contributed by atoms with Crippen molar-refractivity contribution in [2.45, 2.75) is 32.0 Å². The largest absolute Gasteiger partial charge is 0.487 e. The van der Waals surface area contributed by atoms with E-state index in [1.165, 1.54) is 18.4 Å². The van der Waals surface area contributed by atoms with Gasteiger partial charge in [0, 0.05) is 23.3 Å². The average molecular weight is 333 g/mol. The molecule has 4 heteroatoms. The number of aromatic nitrogens is 1. The summed E-state index contributed by atoms with van der Waals surface area (Å²) >= 11 is 3.59. The lowest BCUT2D eigenvalue weighted by Crippen LogP contribution is -2.15. The molecule has 1 aromatic carbocycles. The average Bonchev–Trinajstić information content (AvgIpc) is 3.30. The molecule has 1 fully saturated rings. The lowest BCUT2D eigenvalue weighted by molar-refractivity contribution is 0.301. The van der Waals surface area contributed by atoms with Crippen LogP contribution in [0.15, 0.2) is 47.1 Å². The Kier molecular flexibility index (Phi) is 4.33. The van der Waals surface area contributed by atoms with Crippen LogP contribution >= 0.6 is 15.9 Å². The van der Waals surface area contributed by atoms with E-state index in [4.69, 9.17) is 4.74 Å². The Balaban J connectivity index is 1.62. The molecule has 1 saturated carbocycles. The maximum atomic E-state index is 5.80. The molecule has 0 aliphatic heterocycles. The highest BCUT2D eigenvalue weighted by molar-refractivity contribution is 9.10. The Morgan fingerprint density at radius 2 is 2.15 bits per heavy atom. The van der Waals surface area contributed by atoms with Gasteiger partial charge >= 0.3 is 0 Å². The van der Waals surface area contributed by atoms with Gasteiger partial charge in [-0.2, -0.15) is 0 Å². The van der Waals surface area contributed by atoms with Crippen molar-refractivity contribution in [3.63, 3.8) is 0 Å². The molecule has 3 nitrogen and oxygen atoms in total. The van der Waals surface area contributed by atoms with Gasteiger partial charge in [-0.15, -0.1) is 0 Å². The molecule has 0 saturated heterocycles. The van der Waals surface area contributed by atoms with Crippen LogP contribution in [0.5, 0.6) is 5.75 Å². The topological polar surface area (TPSA) is 34.1 Å². The van der Waals surface area contributed by atoms with Gasteiger partial charge in [0.25, 0.3) is 0 Å². The number of pyridine rings is 1. The van der Waals surface area contributed by atoms with Crippen molar-refractivity contribution in [3.8, 4) is 5.75 Å². The molecule has 0 atom stereocenters. The summed E-state index contributed by atoms with van der Waals surface area (Å²) < 4.78 is 6.92. The monoisotopic (exact) mass is 332 g/mol. The number of hydrogen-bond acceptors (Lipinski definition) is 3. The number of hydrogen-bond donors (Lipinski definition) is 1. The quantitative estimate of drug-likeness (QED) is 0.876. The smallest absolute Gasteiger partial charge is 0.130 e. The normalized spacial score (nSPS) is 14.2. The van der Waals surface area contributed by atoms with Gasteiger partial charge in [-0.1, -0.05) is 22.0 Å². The minimum absolute atomic E-state index is 0.498. The standard InChI is InChI=1S/C16H17BrN2O/c17-16-7-6-15(9-12(16)10-19-13-4-5-13)20-11-14-3-1-2-8-18-14/h1-3,6-9,13,19H,4-5,10-11H2. The zero-order valence-electron chi connectivity index (χ0n) is 11.2. The van der Waals surface area contributed by atoms with Crippen molar-refractivity contribution in [3.05, 3.63) is 58.3 Å². The zero-order valence-corrected chi connectivity index (χ0v) is 12.8. The second-order valence-electron chi connectivity index (χ2n) is 5.02. The number of halogens is 1. The number of rotatable bonds is 6. The molecule has 0 unspecified atom stereocenters. The van der Waals surface area contributed by atoms with E-state index in [0.29, 0.717) is 12.6 Å². The highest BCUT2D eigenvalue weighted by atomic mass is 79.9. The molecular formula is C16H17BrN2O. The minimum atomic E-state index is 0.498. The molecule has 3 rings (SSSR count). The van der Waals surface area contributed by atoms with Crippen LogP contribution in [0.25, 0.3) is 0 Å². The molecule has 1 heterocycles. The van der Waals surface area contributed by atoms with E-state index >= 15 is 0 Å². The molecule has 1 aromatic heterocycles. The van der Waals surface area contributed by atoms with Crippen LogP contribution in [0.3, 0.4) is 0 Å². The summed E-state index contributed by atoms with van der Waals surface area (Å²) in [5.41, 5.74) is 2.17. The van der Waals surface area contributed by atoms with Crippen molar-refractivity contribution < 1.29 is 4.74 Å². The Hall–Kier alpha value is -1.39. The molecule has 20 heavy (non-hydrogen) atoms. The molecule has 1 N–H and O–H groups in total. The summed E-state index contributed by atoms with van der Waals surface area (Å²) in [6.45, 7) is 1.38. The lowest BCUT2D eigenvalue weighted by Gasteiger charge is -2.10. The van der Waals surface area contributed by atoms with E-state index in [1.54, 1.807) is 6.20 Å². The second-order valence-corrected chi connectivity index (χ2v) is 5.87. The van der Waals surface area contributed by atoms with Gasteiger partial charge in [0.1, 0.15) is 12.4 Å². The summed E-state index contributed by atoms with van der Waals surface area (Å²) in [5.74, 6) is 0.881. The van der Waals surface area contributed by atoms with Crippen LogP contribution in [0.1, 0.15) is 24.1 Å². The Bertz CT molecular complexity index is 570. The van der Waals surface area contributed by atoms with Crippen LogP contribution < -0.4 is 10.1 Å². The molecule has 0 bridgehead atoms. The first-order chi connectivity index (χ1) is 9.81. The van der Waals surface area contributed by atoms with Crippen molar-refractivity contribution >= 4 is 15.9 Å². The van der Waals surface area contributed by atoms with Crippen molar-refractivity contribution in [1.82, 2.24) is 10.3 Å². The predicted molar refractivity (Wildman–Crippen MR) is 82.6 cm³/mol. The molecule has 0 radical (unpaired) electrons. The maximum absolute atomic E-state index is 5.80. The third-order valence-electron chi connectivity index (χ3n) is 3.29. The Morgan fingerprint density at radius 3 is 2.90 bits per heavy atom. The summed E-state index contributed by atoms with van der Waals surface area (Å²) in [5, 5.41) is 3.52. The summed E-state index contributed by atoms with van der Waals surface area (Å²) in [6.07, 6.45) is 4.38. The van der Waals surface area contributed by atoms with Gasteiger partial charge < -0.3 is 10.1 Å². The zero-order chi connectivity index (χ0) is 13.8. The maximum Gasteiger partial charge on any atom is 0.130 e. The summed E-state index contributed by atoms with van der Waals surface area (Å²) in [7, 11) is 0. The van der Waals surface area contributed by atoms with Gasteiger partial charge in [-0.05, 0) is 48.7 Å². The number of nitrogens with zero attached hydrogens (tertiary/aromatic N) is 1. The number of ether oxygens (including phenoxy) is 1. The summed E-state index contributed by atoms with van der Waals surface area (Å²) in [6, 6.07) is 12.7. The third kappa shape index (κ3) is 3.81. The first kappa shape index (κ1) is 13.6. The number of benzene rings is 1. The predicted octanol–water partition coefficient (Wildman–Crippen LogP) is 3.68. The van der Waals surface area contributed by atoms with Crippen LogP contribution in [0.4, 0.5) is 0 Å². The van der Waals surface area contributed by atoms with Crippen molar-refractivity contribution in [1.29, 1.82) is 0 Å². The fraction of sp³-hybridized carbons (Fsp3) is 0.312. The van der Waals surface area contributed by atoms with Crippen LogP contribution in [-0.4, -0.2) is 11.0 Å². The van der Waals surface area contributed by atoms with Crippen LogP contribution in [-0.2, 0) is 13.2 Å². The Labute approximate surface area is 127 Å². The summed E-state index contributed by atoms with van der Waals surface area (Å²) in [4.78, 5) is 4.25. The van der Waals surface area contributed by atoms with Gasteiger partial charge in [-0.3, -0.25) is 4.98 Å². The minimum Gasteiger partial charge on any atom is -0.487 e. The second kappa shape index (κ2) is 6.37. The fourth-order valence-electron chi connectivity index (χ4n) is 1.96. The lowest BCUT2D eigenvalue weighted by atomic mass is 10.2. The molecular weight excluding hydrogens is 316 g/mol. The molecule has 1 aliphatic carbocycles. The number of nitrogens with one attached hydrogen (secondary N) is 1. The fourth-order valence-corrected chi connectivity index (χ4v) is 2.35. The molecule has 1 aliphatic rings. The van der Waals surface area contributed by atoms with E-state index in [0.717, 1.165) is 22.5 Å².